The summed E-state index contributed by atoms with van der Waals surface area (Å²) in [6, 6.07) is 11.1. The quantitative estimate of drug-likeness (QED) is 0.910. The first-order valence-electron chi connectivity index (χ1n) is 5.37. The molecule has 88 valence electrons. The first-order chi connectivity index (χ1) is 8.24. The zero-order valence-corrected chi connectivity index (χ0v) is 10.8. The van der Waals surface area contributed by atoms with Gasteiger partial charge in [0.1, 0.15) is 11.6 Å². The lowest BCUT2D eigenvalue weighted by Gasteiger charge is -2.05. The topological polar surface area (TPSA) is 45.1 Å². The Morgan fingerprint density at radius 1 is 1.18 bits per heavy atom. The number of halogens is 1. The third kappa shape index (κ3) is 3.75. The molecule has 2 rings (SSSR count). The SMILES string of the molecule is Oc1ccc(CCNc2cc(Br)ccn2)cc1. The zero-order chi connectivity index (χ0) is 12.1. The van der Waals surface area contributed by atoms with Crippen molar-refractivity contribution in [2.24, 2.45) is 0 Å². The predicted octanol–water partition coefficient (Wildman–Crippen LogP) is 3.20. The summed E-state index contributed by atoms with van der Waals surface area (Å²) in [6.45, 7) is 0.814. The normalized spacial score (nSPS) is 10.2. The number of hydrogen-bond acceptors (Lipinski definition) is 3. The van der Waals surface area contributed by atoms with Gasteiger partial charge in [0, 0.05) is 17.2 Å². The van der Waals surface area contributed by atoms with E-state index in [4.69, 9.17) is 5.11 Å². The summed E-state index contributed by atoms with van der Waals surface area (Å²) in [5.74, 6) is 1.16. The van der Waals surface area contributed by atoms with E-state index in [1.54, 1.807) is 18.3 Å². The van der Waals surface area contributed by atoms with E-state index in [0.717, 1.165) is 23.3 Å². The molecule has 0 saturated carbocycles. The Hall–Kier alpha value is -1.55. The van der Waals surface area contributed by atoms with Crippen molar-refractivity contribution in [1.82, 2.24) is 4.98 Å². The Morgan fingerprint density at radius 3 is 2.65 bits per heavy atom. The average Bonchev–Trinajstić information content (AvgIpc) is 2.32. The van der Waals surface area contributed by atoms with E-state index in [1.807, 2.05) is 24.3 Å². The van der Waals surface area contributed by atoms with E-state index in [0.29, 0.717) is 5.75 Å². The zero-order valence-electron chi connectivity index (χ0n) is 9.23. The van der Waals surface area contributed by atoms with Crippen molar-refractivity contribution >= 4 is 21.7 Å². The van der Waals surface area contributed by atoms with Gasteiger partial charge < -0.3 is 10.4 Å². The van der Waals surface area contributed by atoms with Crippen molar-refractivity contribution in [3.63, 3.8) is 0 Å². The Morgan fingerprint density at radius 2 is 1.94 bits per heavy atom. The van der Waals surface area contributed by atoms with Crippen molar-refractivity contribution in [1.29, 1.82) is 0 Å². The number of nitrogens with one attached hydrogen (secondary N) is 1. The molecule has 1 aromatic heterocycles. The molecule has 4 heteroatoms. The average molecular weight is 293 g/mol. The minimum atomic E-state index is 0.301. The first-order valence-corrected chi connectivity index (χ1v) is 6.17. The number of pyridine rings is 1. The van der Waals surface area contributed by atoms with Crippen LogP contribution < -0.4 is 5.32 Å². The van der Waals surface area contributed by atoms with Crippen LogP contribution in [0.4, 0.5) is 5.82 Å². The van der Waals surface area contributed by atoms with Gasteiger partial charge >= 0.3 is 0 Å². The molecule has 0 atom stereocenters. The lowest BCUT2D eigenvalue weighted by Crippen LogP contribution is -2.05. The fourth-order valence-corrected chi connectivity index (χ4v) is 1.83. The second-order valence-corrected chi connectivity index (χ2v) is 4.62. The number of phenols is 1. The van der Waals surface area contributed by atoms with E-state index >= 15 is 0 Å². The number of hydrogen-bond donors (Lipinski definition) is 2. The molecule has 0 bridgehead atoms. The summed E-state index contributed by atoms with van der Waals surface area (Å²) in [5, 5.41) is 12.4. The van der Waals surface area contributed by atoms with Gasteiger partial charge in [-0.3, -0.25) is 0 Å². The van der Waals surface area contributed by atoms with E-state index in [1.165, 1.54) is 5.56 Å². The number of anilines is 1. The third-order valence-corrected chi connectivity index (χ3v) is 2.87. The molecular weight excluding hydrogens is 280 g/mol. The van der Waals surface area contributed by atoms with Gasteiger partial charge in [0.2, 0.25) is 0 Å². The molecule has 1 aromatic carbocycles. The second-order valence-electron chi connectivity index (χ2n) is 3.70. The summed E-state index contributed by atoms with van der Waals surface area (Å²) in [6.07, 6.45) is 2.65. The van der Waals surface area contributed by atoms with Crippen LogP contribution in [0.1, 0.15) is 5.56 Å². The molecule has 0 fully saturated rings. The maximum Gasteiger partial charge on any atom is 0.127 e. The molecule has 0 aliphatic carbocycles. The Bertz CT molecular complexity index is 485. The number of aromatic hydroxyl groups is 1. The lowest BCUT2D eigenvalue weighted by molar-refractivity contribution is 0.475. The van der Waals surface area contributed by atoms with Crippen molar-refractivity contribution in [2.75, 3.05) is 11.9 Å². The van der Waals surface area contributed by atoms with Gasteiger partial charge in [-0.2, -0.15) is 0 Å². The minimum absolute atomic E-state index is 0.301. The number of nitrogens with zero attached hydrogens (tertiary/aromatic N) is 1. The van der Waals surface area contributed by atoms with E-state index in [2.05, 4.69) is 26.2 Å². The molecule has 1 heterocycles. The molecule has 3 nitrogen and oxygen atoms in total. The fourth-order valence-electron chi connectivity index (χ4n) is 1.50. The van der Waals surface area contributed by atoms with Gasteiger partial charge in [0.25, 0.3) is 0 Å². The molecular formula is C13H13BrN2O. The number of phenolic OH excluding ortho intramolecular Hbond substituents is 1. The van der Waals surface area contributed by atoms with E-state index in [-0.39, 0.29) is 0 Å². The molecule has 17 heavy (non-hydrogen) atoms. The van der Waals surface area contributed by atoms with Crippen molar-refractivity contribution < 1.29 is 5.11 Å². The lowest BCUT2D eigenvalue weighted by atomic mass is 10.1. The minimum Gasteiger partial charge on any atom is -0.508 e. The fraction of sp³-hybridized carbons (Fsp3) is 0.154. The molecule has 0 amide bonds. The van der Waals surface area contributed by atoms with Crippen LogP contribution in [0.15, 0.2) is 47.1 Å². The molecule has 0 radical (unpaired) electrons. The van der Waals surface area contributed by atoms with Crippen LogP contribution in [0.3, 0.4) is 0 Å². The Labute approximate surface area is 109 Å². The number of rotatable bonds is 4. The standard InChI is InChI=1S/C13H13BrN2O/c14-11-6-8-16-13(9-11)15-7-5-10-1-3-12(17)4-2-10/h1-4,6,8-9,17H,5,7H2,(H,15,16). The monoisotopic (exact) mass is 292 g/mol. The largest absolute Gasteiger partial charge is 0.508 e. The molecule has 2 N–H and O–H groups in total. The summed E-state index contributed by atoms with van der Waals surface area (Å²) in [7, 11) is 0. The summed E-state index contributed by atoms with van der Waals surface area (Å²) in [5.41, 5.74) is 1.19. The molecule has 0 aliphatic rings. The molecule has 0 unspecified atom stereocenters. The highest BCUT2D eigenvalue weighted by molar-refractivity contribution is 9.10. The van der Waals surface area contributed by atoms with Gasteiger partial charge in [0.15, 0.2) is 0 Å². The van der Waals surface area contributed by atoms with Gasteiger partial charge in [-0.05, 0) is 36.2 Å². The predicted molar refractivity (Wildman–Crippen MR) is 72.2 cm³/mol. The maximum absolute atomic E-state index is 9.16. The van der Waals surface area contributed by atoms with Crippen LogP contribution in [0.5, 0.6) is 5.75 Å². The van der Waals surface area contributed by atoms with Crippen molar-refractivity contribution in [3.8, 4) is 5.75 Å². The Kier molecular flexibility index (Phi) is 3.98. The second kappa shape index (κ2) is 5.68. The van der Waals surface area contributed by atoms with Crippen molar-refractivity contribution in [3.05, 3.63) is 52.6 Å². The Balaban J connectivity index is 1.85. The highest BCUT2D eigenvalue weighted by atomic mass is 79.9. The molecule has 0 aliphatic heterocycles. The van der Waals surface area contributed by atoms with Crippen LogP contribution >= 0.6 is 15.9 Å². The third-order valence-electron chi connectivity index (χ3n) is 2.38. The van der Waals surface area contributed by atoms with Gasteiger partial charge in [-0.15, -0.1) is 0 Å². The van der Waals surface area contributed by atoms with E-state index < -0.39 is 0 Å². The summed E-state index contributed by atoms with van der Waals surface area (Å²) < 4.78 is 1.01. The summed E-state index contributed by atoms with van der Waals surface area (Å²) >= 11 is 3.40. The highest BCUT2D eigenvalue weighted by Crippen LogP contribution is 2.13. The van der Waals surface area contributed by atoms with Crippen LogP contribution in [0, 0.1) is 0 Å². The number of benzene rings is 1. The molecule has 2 aromatic rings. The maximum atomic E-state index is 9.16. The highest BCUT2D eigenvalue weighted by Gasteiger charge is 1.96. The van der Waals surface area contributed by atoms with Crippen LogP contribution in [-0.4, -0.2) is 16.6 Å². The number of aromatic nitrogens is 1. The summed E-state index contributed by atoms with van der Waals surface area (Å²) in [4.78, 5) is 4.20. The van der Waals surface area contributed by atoms with Crippen LogP contribution in [0.25, 0.3) is 0 Å². The smallest absolute Gasteiger partial charge is 0.127 e. The van der Waals surface area contributed by atoms with Gasteiger partial charge in [0.05, 0.1) is 0 Å². The van der Waals surface area contributed by atoms with Gasteiger partial charge in [-0.1, -0.05) is 28.1 Å². The van der Waals surface area contributed by atoms with Crippen LogP contribution in [-0.2, 0) is 6.42 Å². The first kappa shape index (κ1) is 11.9. The van der Waals surface area contributed by atoms with E-state index in [9.17, 15) is 0 Å². The van der Waals surface area contributed by atoms with Crippen LogP contribution in [0.2, 0.25) is 0 Å². The molecule has 0 spiro atoms. The molecule has 0 saturated heterocycles. The van der Waals surface area contributed by atoms with Gasteiger partial charge in [-0.25, -0.2) is 4.98 Å². The van der Waals surface area contributed by atoms with Crippen molar-refractivity contribution in [2.45, 2.75) is 6.42 Å².